The van der Waals surface area contributed by atoms with Crippen LogP contribution in [0.15, 0.2) is 43.0 Å². The number of halogens is 2. The molecule has 4 aromatic heterocycles. The first-order valence-electron chi connectivity index (χ1n) is 34.7. The Bertz CT molecular complexity index is 3020. The maximum absolute atomic E-state index is 16.3. The van der Waals surface area contributed by atoms with E-state index in [0.29, 0.717) is 61.1 Å². The van der Waals surface area contributed by atoms with Gasteiger partial charge in [-0.3, -0.25) is 9.59 Å². The van der Waals surface area contributed by atoms with Gasteiger partial charge in [0.25, 0.3) is 11.8 Å². The number of nitrogens with zero attached hydrogens (tertiary/aromatic N) is 2. The first kappa shape index (κ1) is 69.2. The van der Waals surface area contributed by atoms with Crippen molar-refractivity contribution in [3.05, 3.63) is 63.9 Å². The minimum absolute atomic E-state index is 0.0184. The average molecular weight is 1380 g/mol. The van der Waals surface area contributed by atoms with Crippen molar-refractivity contribution in [2.24, 2.45) is 23.7 Å². The second-order valence-corrected chi connectivity index (χ2v) is 32.5. The molecule has 0 radical (unpaired) electrons. The predicted octanol–water partition coefficient (Wildman–Crippen LogP) is 25.3. The van der Waals surface area contributed by atoms with Gasteiger partial charge in [0.15, 0.2) is 0 Å². The zero-order valence-electron chi connectivity index (χ0n) is 54.6. The van der Waals surface area contributed by atoms with E-state index in [4.69, 9.17) is 9.47 Å². The summed E-state index contributed by atoms with van der Waals surface area (Å²) in [6, 6.07) is 9.40. The van der Waals surface area contributed by atoms with Crippen LogP contribution in [0, 0.1) is 23.7 Å². The molecule has 2 aromatic carbocycles. The van der Waals surface area contributed by atoms with Gasteiger partial charge in [-0.05, 0) is 129 Å². The van der Waals surface area contributed by atoms with Gasteiger partial charge in [0, 0.05) is 44.0 Å². The predicted molar refractivity (Wildman–Crippen MR) is 385 cm³/mol. The van der Waals surface area contributed by atoms with Crippen LogP contribution in [0.5, 0.6) is 11.5 Å². The summed E-state index contributed by atoms with van der Waals surface area (Å²) in [6.07, 6.45) is 34.0. The summed E-state index contributed by atoms with van der Waals surface area (Å²) in [6.45, 7) is 25.6. The number of carbonyl (C=O) groups is 2. The fourth-order valence-corrected chi connectivity index (χ4v) is 19.4. The van der Waals surface area contributed by atoms with E-state index in [0.717, 1.165) is 140 Å². The van der Waals surface area contributed by atoms with E-state index in [1.54, 1.807) is 22.7 Å². The van der Waals surface area contributed by atoms with Crippen molar-refractivity contribution in [1.29, 1.82) is 0 Å². The van der Waals surface area contributed by atoms with Gasteiger partial charge in [0.05, 0.1) is 62.5 Å². The zero-order valence-corrected chi connectivity index (χ0v) is 61.0. The van der Waals surface area contributed by atoms with Gasteiger partial charge in [0.2, 0.25) is 0 Å². The molecule has 6 heterocycles. The van der Waals surface area contributed by atoms with Gasteiger partial charge in [-0.2, -0.15) is 0 Å². The molecule has 4 unspecified atom stereocenters. The van der Waals surface area contributed by atoms with Crippen LogP contribution in [0.25, 0.3) is 51.7 Å². The Labute approximate surface area is 552 Å². The van der Waals surface area contributed by atoms with Crippen LogP contribution in [0.3, 0.4) is 0 Å². The lowest BCUT2D eigenvalue weighted by atomic mass is 9.90. The monoisotopic (exact) mass is 1370 g/mol. The highest BCUT2D eigenvalue weighted by Gasteiger charge is 2.50. The summed E-state index contributed by atoms with van der Waals surface area (Å²) in [5.41, 5.74) is 5.62. The molecule has 12 heteroatoms. The molecule has 0 bridgehead atoms. The lowest BCUT2D eigenvalue weighted by Gasteiger charge is -2.24. The molecule has 2 amide bonds. The van der Waals surface area contributed by atoms with Crippen molar-refractivity contribution < 1.29 is 19.1 Å². The van der Waals surface area contributed by atoms with Gasteiger partial charge >= 0.3 is 0 Å². The number of unbranched alkanes of at least 4 members (excludes halogenated alkanes) is 14. The topological polar surface area (TPSA) is 59.1 Å². The quantitative estimate of drug-likeness (QED) is 0.0358. The Balaban J connectivity index is 1.40. The molecule has 474 valence electrons. The van der Waals surface area contributed by atoms with Gasteiger partial charge < -0.3 is 19.3 Å². The Morgan fingerprint density at radius 1 is 0.395 bits per heavy atom. The van der Waals surface area contributed by atoms with Crippen LogP contribution in [-0.2, 0) is 22.4 Å². The lowest BCUT2D eigenvalue weighted by Crippen LogP contribution is -2.30. The van der Waals surface area contributed by atoms with Crippen molar-refractivity contribution in [3.8, 4) is 11.5 Å². The third-order valence-electron chi connectivity index (χ3n) is 19.2. The number of hydrogen-bond acceptors (Lipinski definition) is 8. The summed E-state index contributed by atoms with van der Waals surface area (Å²) in [5, 5.41) is 4.82. The van der Waals surface area contributed by atoms with Crippen molar-refractivity contribution in [2.45, 2.75) is 262 Å². The Kier molecular flexibility index (Phi) is 27.8. The van der Waals surface area contributed by atoms with Crippen molar-refractivity contribution >= 4 is 141 Å². The molecule has 8 rings (SSSR count). The standard InChI is InChI=1S/C74H106Br2N2O4S4/c1-11-21-27-29-31-33-39-77-65(59-43-55-53(41-49(17-7)35-23-13-3)70-58(46-62(76)85-70)68(71(55)84-59)82-48-52(20-10)38-26-16-6)63-64(74(77)80)66(78(73(63)79)40-34-32-30-28-22-12-2)60-44-57-67(81-47-51(19-9)37-25-15-5)72-56(45-61(75)86-72)54(69(57)83-60)42-50(18-8)36-24-14-4/h43-46,49-52H,11-42,47-48H2,1-10H3. The summed E-state index contributed by atoms with van der Waals surface area (Å²) in [4.78, 5) is 38.8. The Morgan fingerprint density at radius 2 is 0.733 bits per heavy atom. The van der Waals surface area contributed by atoms with Crippen molar-refractivity contribution in [2.75, 3.05) is 26.3 Å². The summed E-state index contributed by atoms with van der Waals surface area (Å²) in [5.74, 6) is 3.90. The number of rotatable bonds is 42. The van der Waals surface area contributed by atoms with E-state index in [1.807, 2.05) is 22.7 Å². The molecular formula is C74H106Br2N2O4S4. The highest BCUT2D eigenvalue weighted by molar-refractivity contribution is 9.11. The molecule has 0 fully saturated rings. The molecule has 6 aromatic rings. The molecule has 86 heavy (non-hydrogen) atoms. The smallest absolute Gasteiger partial charge is 0.261 e. The van der Waals surface area contributed by atoms with E-state index in [1.165, 1.54) is 144 Å². The van der Waals surface area contributed by atoms with Crippen LogP contribution in [0.4, 0.5) is 0 Å². The fraction of sp³-hybridized carbons (Fsp3) is 0.649. The number of ether oxygens (including phenoxy) is 2. The fourth-order valence-electron chi connectivity index (χ4n) is 13.6. The van der Waals surface area contributed by atoms with Gasteiger partial charge in [-0.15, -0.1) is 45.3 Å². The van der Waals surface area contributed by atoms with Gasteiger partial charge in [-0.25, -0.2) is 0 Å². The molecule has 0 N–H and O–H groups in total. The van der Waals surface area contributed by atoms with E-state index in [-0.39, 0.29) is 11.8 Å². The van der Waals surface area contributed by atoms with Crippen molar-refractivity contribution in [1.82, 2.24) is 9.80 Å². The van der Waals surface area contributed by atoms with E-state index in [2.05, 4.69) is 135 Å². The van der Waals surface area contributed by atoms with E-state index in [9.17, 15) is 0 Å². The Morgan fingerprint density at radius 3 is 1.17 bits per heavy atom. The first-order chi connectivity index (χ1) is 41.9. The minimum atomic E-state index is -0.0184. The third-order valence-corrected chi connectivity index (χ3v) is 24.8. The largest absolute Gasteiger partial charge is 0.491 e. The molecule has 0 saturated heterocycles. The number of fused-ring (bicyclic) bond motifs is 5. The maximum Gasteiger partial charge on any atom is 0.261 e. The second-order valence-electron chi connectivity index (χ2n) is 25.5. The summed E-state index contributed by atoms with van der Waals surface area (Å²) >= 11 is 15.1. The van der Waals surface area contributed by atoms with Crippen LogP contribution in [0.2, 0.25) is 0 Å². The first-order valence-corrected chi connectivity index (χ1v) is 39.5. The maximum atomic E-state index is 16.3. The Hall–Kier alpha value is -2.74. The molecule has 6 nitrogen and oxygen atoms in total. The number of thiophene rings is 4. The van der Waals surface area contributed by atoms with Crippen LogP contribution < -0.4 is 9.47 Å². The molecular weight excluding hydrogens is 1270 g/mol. The normalized spacial score (nSPS) is 15.3. The molecule has 2 aliphatic heterocycles. The molecule has 0 aliphatic carbocycles. The highest BCUT2D eigenvalue weighted by atomic mass is 79.9. The third kappa shape index (κ3) is 16.3. The number of amides is 2. The lowest BCUT2D eigenvalue weighted by molar-refractivity contribution is -0.124. The molecule has 0 saturated carbocycles. The average Bonchev–Trinajstić information content (AvgIpc) is 1.68. The number of hydrogen-bond donors (Lipinski definition) is 0. The van der Waals surface area contributed by atoms with Crippen molar-refractivity contribution in [3.63, 3.8) is 0 Å². The zero-order chi connectivity index (χ0) is 61.3. The number of carbonyl (C=O) groups excluding carboxylic acids is 2. The SMILES string of the molecule is CCCCCCCCN1C(=O)C2=C(c3cc4c(CC(CC)CCCC)c5sc(Br)cc5c(OCC(CC)CCCC)c4s3)N(CCCCCCCC)C(=O)C2=C1c1cc2c(OCC(CC)CCCC)c3sc(Br)cc3c(CC(CC)CCCC)c2s1. The van der Waals surface area contributed by atoms with Crippen LogP contribution in [-0.4, -0.2) is 47.9 Å². The van der Waals surface area contributed by atoms with E-state index < -0.39 is 0 Å². The molecule has 0 spiro atoms. The number of benzene rings is 2. The highest BCUT2D eigenvalue weighted by Crippen LogP contribution is 2.56. The minimum Gasteiger partial charge on any atom is -0.491 e. The van der Waals surface area contributed by atoms with Gasteiger partial charge in [0.1, 0.15) is 11.5 Å². The second kappa shape index (κ2) is 34.6. The van der Waals surface area contributed by atoms with Crippen LogP contribution >= 0.6 is 77.2 Å². The molecule has 2 aliphatic rings. The molecule has 4 atom stereocenters. The van der Waals surface area contributed by atoms with E-state index >= 15 is 9.59 Å². The summed E-state index contributed by atoms with van der Waals surface area (Å²) < 4.78 is 21.6. The van der Waals surface area contributed by atoms with Gasteiger partial charge in [-0.1, -0.05) is 223 Å². The van der Waals surface area contributed by atoms with Crippen LogP contribution in [0.1, 0.15) is 270 Å². The summed E-state index contributed by atoms with van der Waals surface area (Å²) in [7, 11) is 0.